The smallest absolute Gasteiger partial charge is 0.255 e. The number of nitrogens with one attached hydrogen (secondary N) is 1. The highest BCUT2D eigenvalue weighted by Gasteiger charge is 2.30. The van der Waals surface area contributed by atoms with E-state index in [1.54, 1.807) is 0 Å². The molecule has 0 unspecified atom stereocenters. The number of β-amino-alcohol motifs (C(OH)–C–C–N with tert-alkyl or cyclic N) is 1. The summed E-state index contributed by atoms with van der Waals surface area (Å²) in [5.74, 6) is 0.125. The highest BCUT2D eigenvalue weighted by molar-refractivity contribution is 6.05. The number of amides is 1. The van der Waals surface area contributed by atoms with Crippen LogP contribution in [0.1, 0.15) is 36.0 Å². The normalized spacial score (nSPS) is 23.7. The highest BCUT2D eigenvalue weighted by atomic mass is 16.3. The number of nitrogens with zero attached hydrogens (tertiary/aromatic N) is 2. The Hall–Kier alpha value is -1.85. The van der Waals surface area contributed by atoms with Crippen molar-refractivity contribution in [1.29, 1.82) is 0 Å². The predicted octanol–water partition coefficient (Wildman–Crippen LogP) is 2.23. The van der Waals surface area contributed by atoms with E-state index in [2.05, 4.69) is 9.88 Å². The van der Waals surface area contributed by atoms with Gasteiger partial charge in [-0.2, -0.15) is 0 Å². The molecule has 2 aromatic rings. The number of rotatable bonds is 2. The molecule has 1 amide bonds. The minimum absolute atomic E-state index is 0.125. The minimum Gasteiger partial charge on any atom is -0.392 e. The Bertz CT molecular complexity index is 718. The molecule has 0 bridgehead atoms. The van der Waals surface area contributed by atoms with Crippen molar-refractivity contribution in [2.45, 2.75) is 37.8 Å². The molecule has 1 aromatic heterocycles. The topological polar surface area (TPSA) is 59.6 Å². The van der Waals surface area contributed by atoms with E-state index in [1.165, 1.54) is 0 Å². The molecule has 2 aliphatic heterocycles. The molecule has 5 heteroatoms. The molecule has 4 rings (SSSR count). The Morgan fingerprint density at radius 3 is 2.75 bits per heavy atom. The Morgan fingerprint density at radius 2 is 1.96 bits per heavy atom. The predicted molar refractivity (Wildman–Crippen MR) is 94.0 cm³/mol. The third-order valence-corrected chi connectivity index (χ3v) is 5.51. The first-order valence-electron chi connectivity index (χ1n) is 9.00. The second kappa shape index (κ2) is 6.57. The van der Waals surface area contributed by atoms with Gasteiger partial charge in [-0.1, -0.05) is 12.1 Å². The average molecular weight is 327 g/mol. The molecule has 128 valence electrons. The van der Waals surface area contributed by atoms with Gasteiger partial charge in [-0.15, -0.1) is 0 Å². The Labute approximate surface area is 142 Å². The summed E-state index contributed by atoms with van der Waals surface area (Å²) in [6.45, 7) is 3.47. The summed E-state index contributed by atoms with van der Waals surface area (Å²) in [5.41, 5.74) is 1.70. The van der Waals surface area contributed by atoms with Gasteiger partial charge in [0.05, 0.1) is 17.2 Å². The number of piperidine rings is 2. The summed E-state index contributed by atoms with van der Waals surface area (Å²) in [6, 6.07) is 8.39. The number of benzene rings is 1. The molecule has 0 aliphatic carbocycles. The van der Waals surface area contributed by atoms with Crippen molar-refractivity contribution in [2.75, 3.05) is 26.2 Å². The maximum absolute atomic E-state index is 12.9. The van der Waals surface area contributed by atoms with Crippen LogP contribution in [0.25, 0.3) is 10.9 Å². The van der Waals surface area contributed by atoms with Crippen LogP contribution in [0, 0.1) is 0 Å². The Balaban J connectivity index is 1.42. The number of para-hydroxylation sites is 1. The van der Waals surface area contributed by atoms with Gasteiger partial charge in [0.25, 0.3) is 5.91 Å². The van der Waals surface area contributed by atoms with Gasteiger partial charge in [-0.25, -0.2) is 0 Å². The van der Waals surface area contributed by atoms with Crippen molar-refractivity contribution < 1.29 is 9.90 Å². The van der Waals surface area contributed by atoms with E-state index >= 15 is 0 Å². The second-order valence-corrected chi connectivity index (χ2v) is 7.06. The zero-order chi connectivity index (χ0) is 16.5. The van der Waals surface area contributed by atoms with Crippen LogP contribution >= 0.6 is 0 Å². The van der Waals surface area contributed by atoms with E-state index in [-0.39, 0.29) is 12.0 Å². The fourth-order valence-corrected chi connectivity index (χ4v) is 4.18. The quantitative estimate of drug-likeness (QED) is 0.889. The molecular formula is C19H25N3O2. The summed E-state index contributed by atoms with van der Waals surface area (Å²) in [7, 11) is 0. The van der Waals surface area contributed by atoms with Crippen LogP contribution in [0.3, 0.4) is 0 Å². The molecule has 24 heavy (non-hydrogen) atoms. The molecule has 2 fully saturated rings. The van der Waals surface area contributed by atoms with Gasteiger partial charge in [0.15, 0.2) is 0 Å². The van der Waals surface area contributed by atoms with Crippen LogP contribution in [0.2, 0.25) is 0 Å². The molecule has 1 aromatic carbocycles. The zero-order valence-corrected chi connectivity index (χ0v) is 13.9. The molecule has 0 spiro atoms. The van der Waals surface area contributed by atoms with Gasteiger partial charge in [0.2, 0.25) is 0 Å². The molecule has 3 heterocycles. The number of aromatic amines is 1. The lowest BCUT2D eigenvalue weighted by molar-refractivity contribution is 0.0241. The van der Waals surface area contributed by atoms with Crippen LogP contribution in [0.15, 0.2) is 30.5 Å². The maximum Gasteiger partial charge on any atom is 0.255 e. The fourth-order valence-electron chi connectivity index (χ4n) is 4.18. The van der Waals surface area contributed by atoms with E-state index in [0.717, 1.165) is 68.3 Å². The van der Waals surface area contributed by atoms with E-state index in [9.17, 15) is 9.90 Å². The van der Waals surface area contributed by atoms with Crippen LogP contribution in [0.4, 0.5) is 0 Å². The van der Waals surface area contributed by atoms with Crippen LogP contribution in [-0.4, -0.2) is 64.1 Å². The number of hydrogen-bond donors (Lipinski definition) is 2. The zero-order valence-electron chi connectivity index (χ0n) is 13.9. The van der Waals surface area contributed by atoms with Crippen LogP contribution < -0.4 is 0 Å². The SMILES string of the molecule is O=C(c1cccc2cc[nH]c12)N1CCC(N2CCC[C@H](O)C2)CC1. The summed E-state index contributed by atoms with van der Waals surface area (Å²) in [6.07, 6.45) is 5.71. The number of carbonyl (C=O) groups is 1. The Kier molecular flexibility index (Phi) is 4.29. The number of aliphatic hydroxyl groups excluding tert-OH is 1. The third-order valence-electron chi connectivity index (χ3n) is 5.51. The van der Waals surface area contributed by atoms with E-state index < -0.39 is 0 Å². The first-order valence-corrected chi connectivity index (χ1v) is 9.00. The number of carbonyl (C=O) groups excluding carboxylic acids is 1. The third kappa shape index (κ3) is 2.94. The van der Waals surface area contributed by atoms with Gasteiger partial charge in [-0.3, -0.25) is 9.69 Å². The van der Waals surface area contributed by atoms with Crippen molar-refractivity contribution in [3.8, 4) is 0 Å². The fraction of sp³-hybridized carbons (Fsp3) is 0.526. The number of aromatic nitrogens is 1. The number of aliphatic hydroxyl groups is 1. The van der Waals surface area contributed by atoms with Gasteiger partial charge in [-0.05, 0) is 44.4 Å². The lowest BCUT2D eigenvalue weighted by atomic mass is 9.98. The first kappa shape index (κ1) is 15.7. The largest absolute Gasteiger partial charge is 0.392 e. The molecular weight excluding hydrogens is 302 g/mol. The molecule has 5 nitrogen and oxygen atoms in total. The lowest BCUT2D eigenvalue weighted by Crippen LogP contribution is -2.50. The number of likely N-dealkylation sites (tertiary alicyclic amines) is 2. The molecule has 2 aliphatic rings. The summed E-state index contributed by atoms with van der Waals surface area (Å²) < 4.78 is 0. The van der Waals surface area contributed by atoms with Crippen molar-refractivity contribution in [2.24, 2.45) is 0 Å². The van der Waals surface area contributed by atoms with Crippen molar-refractivity contribution in [1.82, 2.24) is 14.8 Å². The Morgan fingerprint density at radius 1 is 1.12 bits per heavy atom. The standard InChI is InChI=1S/C19H25N3O2/c23-16-4-2-10-22(13-16)15-7-11-21(12-8-15)19(24)17-5-1-3-14-6-9-20-18(14)17/h1,3,5-6,9,15-16,20,23H,2,4,7-8,10-13H2/t16-/m0/s1. The van der Waals surface area contributed by atoms with Crippen molar-refractivity contribution in [3.05, 3.63) is 36.0 Å². The summed E-state index contributed by atoms with van der Waals surface area (Å²) in [4.78, 5) is 20.5. The molecule has 0 saturated carbocycles. The van der Waals surface area contributed by atoms with Gasteiger partial charge >= 0.3 is 0 Å². The molecule has 1 atom stereocenters. The van der Waals surface area contributed by atoms with Crippen LogP contribution in [0.5, 0.6) is 0 Å². The van der Waals surface area contributed by atoms with E-state index in [1.807, 2.05) is 35.4 Å². The van der Waals surface area contributed by atoms with Crippen molar-refractivity contribution in [3.63, 3.8) is 0 Å². The maximum atomic E-state index is 12.9. The van der Waals surface area contributed by atoms with Crippen molar-refractivity contribution >= 4 is 16.8 Å². The summed E-state index contributed by atoms with van der Waals surface area (Å²) >= 11 is 0. The van der Waals surface area contributed by atoms with Crippen LogP contribution in [-0.2, 0) is 0 Å². The van der Waals surface area contributed by atoms with E-state index in [4.69, 9.17) is 0 Å². The number of fused-ring (bicyclic) bond motifs is 1. The van der Waals surface area contributed by atoms with E-state index in [0.29, 0.717) is 6.04 Å². The summed E-state index contributed by atoms with van der Waals surface area (Å²) in [5, 5.41) is 11.0. The monoisotopic (exact) mass is 327 g/mol. The minimum atomic E-state index is -0.177. The molecule has 2 saturated heterocycles. The second-order valence-electron chi connectivity index (χ2n) is 7.06. The lowest BCUT2D eigenvalue weighted by Gasteiger charge is -2.41. The molecule has 2 N–H and O–H groups in total. The van der Waals surface area contributed by atoms with Gasteiger partial charge in [0.1, 0.15) is 0 Å². The number of H-pyrrole nitrogens is 1. The number of hydrogen-bond acceptors (Lipinski definition) is 3. The van der Waals surface area contributed by atoms with Gasteiger partial charge in [0, 0.05) is 37.3 Å². The molecule has 0 radical (unpaired) electrons. The highest BCUT2D eigenvalue weighted by Crippen LogP contribution is 2.24. The first-order chi connectivity index (χ1) is 11.7. The average Bonchev–Trinajstić information content (AvgIpc) is 3.10. The van der Waals surface area contributed by atoms with Gasteiger partial charge < -0.3 is 15.0 Å².